The van der Waals surface area contributed by atoms with E-state index in [2.05, 4.69) is 12.2 Å². The summed E-state index contributed by atoms with van der Waals surface area (Å²) in [5.74, 6) is 0.962. The molecule has 1 saturated heterocycles. The fraction of sp³-hybridized carbons (Fsp3) is 0.636. The Morgan fingerprint density at radius 1 is 1.21 bits per heavy atom. The quantitative estimate of drug-likeness (QED) is 0.785. The minimum Gasteiger partial charge on any atom is -0.504 e. The number of hydrogen-bond acceptors (Lipinski definition) is 5. The maximum atomic E-state index is 12.5. The molecular weight excluding hydrogens is 372 g/mol. The number of ether oxygens (including phenoxy) is 2. The molecule has 1 aromatic rings. The van der Waals surface area contributed by atoms with Crippen LogP contribution in [0.2, 0.25) is 0 Å². The van der Waals surface area contributed by atoms with Crippen LogP contribution >= 0.6 is 0 Å². The van der Waals surface area contributed by atoms with Crippen molar-refractivity contribution < 1.29 is 24.2 Å². The molecule has 2 aliphatic rings. The third-order valence-electron chi connectivity index (χ3n) is 5.99. The molecular formula is C22H32N2O5. The minimum atomic E-state index is -0.237. The zero-order valence-corrected chi connectivity index (χ0v) is 17.4. The minimum absolute atomic E-state index is 0.00818. The van der Waals surface area contributed by atoms with Crippen molar-refractivity contribution >= 4 is 12.0 Å². The van der Waals surface area contributed by atoms with Gasteiger partial charge in [0.2, 0.25) is 5.91 Å². The number of phenols is 1. The molecule has 1 heterocycles. The van der Waals surface area contributed by atoms with Gasteiger partial charge in [0.25, 0.3) is 0 Å². The molecule has 2 atom stereocenters. The van der Waals surface area contributed by atoms with E-state index in [9.17, 15) is 14.7 Å². The molecule has 0 radical (unpaired) electrons. The Labute approximate surface area is 172 Å². The first-order valence-electron chi connectivity index (χ1n) is 10.6. The monoisotopic (exact) mass is 404 g/mol. The number of benzene rings is 1. The number of piperidine rings is 1. The first-order valence-corrected chi connectivity index (χ1v) is 10.6. The van der Waals surface area contributed by atoms with Crippen molar-refractivity contribution in [2.45, 2.75) is 58.1 Å². The molecule has 0 spiro atoms. The van der Waals surface area contributed by atoms with Gasteiger partial charge < -0.3 is 24.8 Å². The number of likely N-dealkylation sites (tertiary alicyclic amines) is 1. The Morgan fingerprint density at radius 3 is 2.66 bits per heavy atom. The van der Waals surface area contributed by atoms with Crippen LogP contribution in [-0.4, -0.2) is 48.3 Å². The summed E-state index contributed by atoms with van der Waals surface area (Å²) in [7, 11) is 1.49. The lowest BCUT2D eigenvalue weighted by Gasteiger charge is -2.33. The number of phenolic OH excluding ortho intramolecular Hbond substituents is 1. The third kappa shape index (κ3) is 5.78. The Bertz CT molecular complexity index is 715. The van der Waals surface area contributed by atoms with Crippen molar-refractivity contribution in [2.24, 2.45) is 11.8 Å². The van der Waals surface area contributed by atoms with E-state index in [4.69, 9.17) is 9.47 Å². The molecule has 1 aliphatic carbocycles. The lowest BCUT2D eigenvalue weighted by molar-refractivity contribution is -0.126. The van der Waals surface area contributed by atoms with E-state index in [0.717, 1.165) is 24.8 Å². The molecule has 29 heavy (non-hydrogen) atoms. The van der Waals surface area contributed by atoms with Gasteiger partial charge in [-0.25, -0.2) is 4.79 Å². The van der Waals surface area contributed by atoms with E-state index in [-0.39, 0.29) is 29.8 Å². The van der Waals surface area contributed by atoms with Gasteiger partial charge in [-0.05, 0) is 55.7 Å². The van der Waals surface area contributed by atoms with Crippen LogP contribution in [0.3, 0.4) is 0 Å². The van der Waals surface area contributed by atoms with E-state index < -0.39 is 0 Å². The second-order valence-electron chi connectivity index (χ2n) is 8.26. The molecule has 0 bridgehead atoms. The van der Waals surface area contributed by atoms with Crippen LogP contribution in [0.25, 0.3) is 0 Å². The predicted octanol–water partition coefficient (Wildman–Crippen LogP) is 3.44. The van der Waals surface area contributed by atoms with E-state index in [1.54, 1.807) is 23.1 Å². The van der Waals surface area contributed by atoms with Crippen molar-refractivity contribution in [3.05, 3.63) is 23.8 Å². The average Bonchev–Trinajstić information content (AvgIpc) is 2.73. The summed E-state index contributed by atoms with van der Waals surface area (Å²) in [6.07, 6.45) is 5.32. The Kier molecular flexibility index (Phi) is 7.23. The first kappa shape index (κ1) is 21.3. The summed E-state index contributed by atoms with van der Waals surface area (Å²) in [5.41, 5.74) is 0.857. The first-order chi connectivity index (χ1) is 14.0. The van der Waals surface area contributed by atoms with Gasteiger partial charge in [-0.3, -0.25) is 4.79 Å². The van der Waals surface area contributed by atoms with Gasteiger partial charge in [-0.1, -0.05) is 19.4 Å². The molecule has 2 amide bonds. The fourth-order valence-electron chi connectivity index (χ4n) is 4.19. The van der Waals surface area contributed by atoms with Crippen molar-refractivity contribution in [1.29, 1.82) is 0 Å². The second-order valence-corrected chi connectivity index (χ2v) is 8.26. The summed E-state index contributed by atoms with van der Waals surface area (Å²) in [4.78, 5) is 26.6. The molecule has 1 saturated carbocycles. The SMILES string of the molecule is COc1cc(CNC(=O)C2CCN(C(=O)O[C@@H]3CCC[C@H](C)C3)CC2)ccc1O. The van der Waals surface area contributed by atoms with Gasteiger partial charge in [0.05, 0.1) is 7.11 Å². The van der Waals surface area contributed by atoms with Crippen LogP contribution in [-0.2, 0) is 16.1 Å². The highest BCUT2D eigenvalue weighted by atomic mass is 16.6. The number of hydrogen-bond donors (Lipinski definition) is 2. The molecule has 2 fully saturated rings. The van der Waals surface area contributed by atoms with Crippen molar-refractivity contribution in [3.8, 4) is 11.5 Å². The highest BCUT2D eigenvalue weighted by molar-refractivity contribution is 5.79. The lowest BCUT2D eigenvalue weighted by Crippen LogP contribution is -2.44. The fourth-order valence-corrected chi connectivity index (χ4v) is 4.19. The molecule has 7 nitrogen and oxygen atoms in total. The van der Waals surface area contributed by atoms with E-state index >= 15 is 0 Å². The van der Waals surface area contributed by atoms with Crippen molar-refractivity contribution in [3.63, 3.8) is 0 Å². The summed E-state index contributed by atoms with van der Waals surface area (Å²) < 4.78 is 10.8. The van der Waals surface area contributed by atoms with Crippen LogP contribution in [0, 0.1) is 11.8 Å². The second kappa shape index (κ2) is 9.85. The number of carbonyl (C=O) groups is 2. The number of aromatic hydroxyl groups is 1. The number of nitrogens with one attached hydrogen (secondary N) is 1. The van der Waals surface area contributed by atoms with Crippen LogP contribution in [0.15, 0.2) is 18.2 Å². The highest BCUT2D eigenvalue weighted by Gasteiger charge is 2.30. The maximum absolute atomic E-state index is 12.5. The zero-order chi connectivity index (χ0) is 20.8. The predicted molar refractivity (Wildman–Crippen MR) is 109 cm³/mol. The number of amides is 2. The Hall–Kier alpha value is -2.44. The van der Waals surface area contributed by atoms with Gasteiger partial charge in [-0.2, -0.15) is 0 Å². The molecule has 0 aromatic heterocycles. The van der Waals surface area contributed by atoms with Crippen LogP contribution in [0.4, 0.5) is 4.79 Å². The molecule has 3 rings (SSSR count). The molecule has 2 N–H and O–H groups in total. The molecule has 0 unspecified atom stereocenters. The Morgan fingerprint density at radius 2 is 1.97 bits per heavy atom. The smallest absolute Gasteiger partial charge is 0.410 e. The van der Waals surface area contributed by atoms with E-state index in [1.807, 2.05) is 0 Å². The van der Waals surface area contributed by atoms with Crippen LogP contribution in [0.5, 0.6) is 11.5 Å². The van der Waals surface area contributed by atoms with Gasteiger partial charge in [-0.15, -0.1) is 0 Å². The van der Waals surface area contributed by atoms with Crippen LogP contribution in [0.1, 0.15) is 51.0 Å². The van der Waals surface area contributed by atoms with Gasteiger partial charge in [0.15, 0.2) is 11.5 Å². The topological polar surface area (TPSA) is 88.1 Å². The van der Waals surface area contributed by atoms with Gasteiger partial charge >= 0.3 is 6.09 Å². The molecule has 1 aromatic carbocycles. The summed E-state index contributed by atoms with van der Waals surface area (Å²) in [5, 5.41) is 12.6. The summed E-state index contributed by atoms with van der Waals surface area (Å²) in [6, 6.07) is 5.01. The van der Waals surface area contributed by atoms with E-state index in [0.29, 0.717) is 44.1 Å². The Balaban J connectivity index is 1.41. The van der Waals surface area contributed by atoms with Crippen LogP contribution < -0.4 is 10.1 Å². The summed E-state index contributed by atoms with van der Waals surface area (Å²) >= 11 is 0. The third-order valence-corrected chi connectivity index (χ3v) is 5.99. The van der Waals surface area contributed by atoms with Crippen molar-refractivity contribution in [2.75, 3.05) is 20.2 Å². The largest absolute Gasteiger partial charge is 0.504 e. The number of methoxy groups -OCH3 is 1. The molecule has 160 valence electrons. The normalized spacial score (nSPS) is 22.8. The standard InChI is InChI=1S/C22H32N2O5/c1-15-4-3-5-18(12-15)29-22(27)24-10-8-17(9-11-24)21(26)23-14-16-6-7-19(25)20(13-16)28-2/h6-7,13,15,17-18,25H,3-5,8-12,14H2,1-2H3,(H,23,26)/t15-,18+/m0/s1. The highest BCUT2D eigenvalue weighted by Crippen LogP contribution is 2.28. The van der Waals surface area contributed by atoms with E-state index in [1.165, 1.54) is 13.5 Å². The van der Waals surface area contributed by atoms with Gasteiger partial charge in [0, 0.05) is 25.6 Å². The van der Waals surface area contributed by atoms with Crippen molar-refractivity contribution in [1.82, 2.24) is 10.2 Å². The lowest BCUT2D eigenvalue weighted by atomic mass is 9.89. The number of nitrogens with zero attached hydrogens (tertiary/aromatic N) is 1. The average molecular weight is 405 g/mol. The zero-order valence-electron chi connectivity index (χ0n) is 17.4. The maximum Gasteiger partial charge on any atom is 0.410 e. The molecule has 1 aliphatic heterocycles. The number of rotatable bonds is 5. The summed E-state index contributed by atoms with van der Waals surface area (Å²) in [6.45, 7) is 3.67. The number of carbonyl (C=O) groups excluding carboxylic acids is 2. The molecule has 7 heteroatoms. The van der Waals surface area contributed by atoms with Gasteiger partial charge in [0.1, 0.15) is 6.10 Å².